The van der Waals surface area contributed by atoms with Gasteiger partial charge >= 0.3 is 0 Å². The Labute approximate surface area is 258 Å². The molecule has 6 aromatic rings. The molecule has 0 aliphatic heterocycles. The van der Waals surface area contributed by atoms with Crippen LogP contribution in [0.5, 0.6) is 0 Å². The summed E-state index contributed by atoms with van der Waals surface area (Å²) in [7, 11) is 0. The molecule has 0 aliphatic rings. The topological polar surface area (TPSA) is 38.9 Å². The third-order valence-corrected chi connectivity index (χ3v) is 6.10. The second kappa shape index (κ2) is 12.5. The van der Waals surface area contributed by atoms with Gasteiger partial charge in [0.2, 0.25) is 0 Å². The third-order valence-electron chi connectivity index (χ3n) is 6.10. The van der Waals surface area contributed by atoms with Gasteiger partial charge in [0.15, 0.2) is 0 Å². The first-order valence-corrected chi connectivity index (χ1v) is 12.3. The SMILES string of the molecule is CC(C)c1cnc(-c2[c-]cccc2)cc1C(C)C.[2H]c1nc(-c2[c-]ccc3c2oc2c([2H])c([2H])c(C([2H])([2H])[2H])c([2H])c23)c([2H])c([2H])c1[2H].[Ir]. The molecule has 0 amide bonds. The fourth-order valence-corrected chi connectivity index (χ4v) is 4.24. The number of fused-ring (bicyclic) bond motifs is 3. The zero-order valence-corrected chi connectivity index (χ0v) is 24.3. The quantitative estimate of drug-likeness (QED) is 0.172. The maximum atomic E-state index is 8.37. The van der Waals surface area contributed by atoms with Crippen LogP contribution in [0.1, 0.15) is 69.9 Å². The van der Waals surface area contributed by atoms with Crippen molar-refractivity contribution in [3.63, 3.8) is 0 Å². The first kappa shape index (κ1) is 17.9. The second-order valence-electron chi connectivity index (χ2n) is 9.38. The minimum absolute atomic E-state index is 0. The van der Waals surface area contributed by atoms with E-state index in [0.717, 1.165) is 11.3 Å². The summed E-state index contributed by atoms with van der Waals surface area (Å²) in [5.74, 6) is 1.04. The number of hydrogen-bond donors (Lipinski definition) is 0. The summed E-state index contributed by atoms with van der Waals surface area (Å²) in [6.07, 6.45) is 1.52. The van der Waals surface area contributed by atoms with Gasteiger partial charge in [-0.1, -0.05) is 68.4 Å². The van der Waals surface area contributed by atoms with E-state index >= 15 is 0 Å². The molecular formula is C35H32IrN2O-2. The van der Waals surface area contributed by atoms with Crippen LogP contribution in [-0.4, -0.2) is 9.97 Å². The minimum atomic E-state index is -2.77. The van der Waals surface area contributed by atoms with E-state index in [9.17, 15) is 0 Å². The molecule has 0 bridgehead atoms. The van der Waals surface area contributed by atoms with Crippen LogP contribution in [0.2, 0.25) is 0 Å². The number of pyridine rings is 2. The van der Waals surface area contributed by atoms with Crippen LogP contribution in [0.3, 0.4) is 0 Å². The van der Waals surface area contributed by atoms with E-state index in [1.165, 1.54) is 23.3 Å². The van der Waals surface area contributed by atoms with Crippen LogP contribution in [0.15, 0.2) is 95.5 Å². The molecule has 0 saturated heterocycles. The molecule has 199 valence electrons. The predicted octanol–water partition coefficient (Wildman–Crippen LogP) is 9.55. The van der Waals surface area contributed by atoms with Gasteiger partial charge in [-0.05, 0) is 59.3 Å². The van der Waals surface area contributed by atoms with Crippen molar-refractivity contribution in [3.8, 4) is 22.5 Å². The summed E-state index contributed by atoms with van der Waals surface area (Å²) >= 11 is 0. The van der Waals surface area contributed by atoms with Gasteiger partial charge in [-0.2, -0.15) is 0 Å². The third kappa shape index (κ3) is 6.19. The molecule has 39 heavy (non-hydrogen) atoms. The fraction of sp³-hybridized carbons (Fsp3) is 0.200. The Hall–Kier alpha value is -3.59. The van der Waals surface area contributed by atoms with E-state index in [4.69, 9.17) is 18.1 Å². The van der Waals surface area contributed by atoms with Crippen LogP contribution in [0, 0.1) is 19.0 Å². The van der Waals surface area contributed by atoms with Crippen molar-refractivity contribution in [2.24, 2.45) is 0 Å². The zero-order chi connectivity index (χ0) is 35.2. The second-order valence-corrected chi connectivity index (χ2v) is 9.38. The van der Waals surface area contributed by atoms with Gasteiger partial charge in [-0.25, -0.2) is 0 Å². The number of aromatic nitrogens is 2. The van der Waals surface area contributed by atoms with Gasteiger partial charge in [-0.15, -0.1) is 54.1 Å². The molecule has 0 N–H and O–H groups in total. The van der Waals surface area contributed by atoms with E-state index in [2.05, 4.69) is 61.9 Å². The first-order valence-electron chi connectivity index (χ1n) is 17.3. The van der Waals surface area contributed by atoms with E-state index < -0.39 is 54.8 Å². The van der Waals surface area contributed by atoms with Crippen LogP contribution < -0.4 is 0 Å². The van der Waals surface area contributed by atoms with Gasteiger partial charge in [0.1, 0.15) is 5.58 Å². The first-order chi connectivity index (χ1) is 22.5. The molecule has 0 saturated carbocycles. The Bertz CT molecular complexity index is 2160. The van der Waals surface area contributed by atoms with E-state index in [1.54, 1.807) is 0 Å². The summed E-state index contributed by atoms with van der Waals surface area (Å²) in [6, 6.07) is 16.2. The molecule has 6 rings (SSSR count). The maximum absolute atomic E-state index is 8.37. The van der Waals surface area contributed by atoms with Crippen molar-refractivity contribution in [2.45, 2.75) is 46.4 Å². The molecule has 3 aromatic heterocycles. The largest absolute Gasteiger partial charge is 0.501 e. The molecule has 0 aliphatic carbocycles. The van der Waals surface area contributed by atoms with E-state index in [-0.39, 0.29) is 53.3 Å². The van der Waals surface area contributed by atoms with Crippen LogP contribution >= 0.6 is 0 Å². The summed E-state index contributed by atoms with van der Waals surface area (Å²) in [4.78, 5) is 8.48. The number of furan rings is 1. The normalized spacial score (nSPS) is 14.9. The summed E-state index contributed by atoms with van der Waals surface area (Å²) < 4.78 is 84.6. The molecule has 3 heterocycles. The monoisotopic (exact) mass is 699 g/mol. The van der Waals surface area contributed by atoms with E-state index in [1.807, 2.05) is 24.4 Å². The molecular weight excluding hydrogens is 657 g/mol. The number of benzene rings is 3. The van der Waals surface area contributed by atoms with Gasteiger partial charge in [-0.3, -0.25) is 0 Å². The number of rotatable bonds is 4. The summed E-state index contributed by atoms with van der Waals surface area (Å²) in [5.41, 5.74) is 4.10. The number of hydrogen-bond acceptors (Lipinski definition) is 3. The Balaban J connectivity index is 0.000000244. The van der Waals surface area contributed by atoms with E-state index in [0.29, 0.717) is 11.8 Å². The summed E-state index contributed by atoms with van der Waals surface area (Å²) in [5, 5.41) is 0.296. The minimum Gasteiger partial charge on any atom is -0.501 e. The Morgan fingerprint density at radius 1 is 0.872 bits per heavy atom. The average Bonchev–Trinajstić information content (AvgIpc) is 3.45. The molecule has 0 fully saturated rings. The average molecular weight is 699 g/mol. The molecule has 0 unspecified atom stereocenters. The Morgan fingerprint density at radius 2 is 1.72 bits per heavy atom. The van der Waals surface area contributed by atoms with Crippen LogP contribution in [0.4, 0.5) is 0 Å². The van der Waals surface area contributed by atoms with Crippen LogP contribution in [-0.2, 0) is 20.1 Å². The molecule has 0 atom stereocenters. The van der Waals surface area contributed by atoms with Crippen LogP contribution in [0.25, 0.3) is 44.5 Å². The van der Waals surface area contributed by atoms with Crippen molar-refractivity contribution < 1.29 is 38.2 Å². The van der Waals surface area contributed by atoms with Gasteiger partial charge in [0.05, 0.1) is 15.2 Å². The van der Waals surface area contributed by atoms with Crippen molar-refractivity contribution in [1.82, 2.24) is 9.97 Å². The molecule has 3 aromatic carbocycles. The van der Waals surface area contributed by atoms with Gasteiger partial charge in [0, 0.05) is 42.0 Å². The van der Waals surface area contributed by atoms with Crippen molar-refractivity contribution >= 4 is 21.9 Å². The van der Waals surface area contributed by atoms with Crippen molar-refractivity contribution in [2.75, 3.05) is 0 Å². The number of nitrogens with zero attached hydrogens (tertiary/aromatic N) is 2. The van der Waals surface area contributed by atoms with Gasteiger partial charge in [0.25, 0.3) is 0 Å². The summed E-state index contributed by atoms with van der Waals surface area (Å²) in [6.45, 7) is 6.14. The van der Waals surface area contributed by atoms with Crippen molar-refractivity contribution in [1.29, 1.82) is 0 Å². The maximum Gasteiger partial charge on any atom is 0.120 e. The standard InChI is InChI=1S/C18H12NO.C17H20N.Ir/c1-12-8-9-17-15(11-12)13-5-4-6-14(18(13)20-17)16-7-2-3-10-19-16;1-12(2)15-10-17(14-8-6-5-7-9-14)18-11-16(15)13(3)4;/h2-5,7-11H,1H3;5-8,10-13H,1-4H3;/q2*-1;/i1D3,2D,3D,7D,8D,9D,10D,11D;;. The van der Waals surface area contributed by atoms with Gasteiger partial charge < -0.3 is 14.4 Å². The molecule has 4 heteroatoms. The Morgan fingerprint density at radius 3 is 2.46 bits per heavy atom. The fourth-order valence-electron chi connectivity index (χ4n) is 4.24. The van der Waals surface area contributed by atoms with Crippen molar-refractivity contribution in [3.05, 3.63) is 120 Å². The molecule has 3 nitrogen and oxygen atoms in total. The molecule has 0 spiro atoms. The zero-order valence-electron chi connectivity index (χ0n) is 31.9. The Kier molecular flexibility index (Phi) is 5.74. The molecule has 1 radical (unpaired) electrons. The smallest absolute Gasteiger partial charge is 0.120 e. The predicted molar refractivity (Wildman–Crippen MR) is 157 cm³/mol.